The first kappa shape index (κ1) is 21.4. The fourth-order valence-corrected chi connectivity index (χ4v) is 3.86. The lowest BCUT2D eigenvalue weighted by molar-refractivity contribution is 0.0929. The predicted molar refractivity (Wildman–Crippen MR) is 126 cm³/mol. The number of carbonyl (C=O) groups excluding carboxylic acids is 1. The molecule has 0 aliphatic carbocycles. The second kappa shape index (κ2) is 9.56. The largest absolute Gasteiger partial charge is 0.486 e. The summed E-state index contributed by atoms with van der Waals surface area (Å²) in [6.07, 6.45) is 1.44. The lowest BCUT2D eigenvalue weighted by Crippen LogP contribution is -2.16. The van der Waals surface area contributed by atoms with Gasteiger partial charge in [0.05, 0.1) is 16.3 Å². The molecule has 4 rings (SSSR count). The van der Waals surface area contributed by atoms with Crippen molar-refractivity contribution < 1.29 is 13.9 Å². The van der Waals surface area contributed by atoms with E-state index in [-0.39, 0.29) is 5.76 Å². The third kappa shape index (κ3) is 5.28. The van der Waals surface area contributed by atoms with Crippen LogP contribution in [0.5, 0.6) is 5.75 Å². The minimum Gasteiger partial charge on any atom is -0.486 e. The van der Waals surface area contributed by atoms with Crippen molar-refractivity contribution in [3.05, 3.63) is 98.1 Å². The van der Waals surface area contributed by atoms with E-state index in [2.05, 4.69) is 26.5 Å². The van der Waals surface area contributed by atoms with Gasteiger partial charge in [0.15, 0.2) is 11.5 Å². The van der Waals surface area contributed by atoms with Crippen LogP contribution in [0.15, 0.2) is 80.7 Å². The maximum absolute atomic E-state index is 12.3. The third-order valence-corrected chi connectivity index (χ3v) is 5.38. The van der Waals surface area contributed by atoms with Gasteiger partial charge in [-0.1, -0.05) is 69.5 Å². The Morgan fingerprint density at radius 1 is 1.06 bits per heavy atom. The van der Waals surface area contributed by atoms with Gasteiger partial charge in [-0.25, -0.2) is 5.43 Å². The molecule has 0 spiro atoms. The average Bonchev–Trinajstić information content (AvgIpc) is 3.17. The summed E-state index contributed by atoms with van der Waals surface area (Å²) >= 11 is 16.0. The molecule has 0 fully saturated rings. The molecule has 4 aromatic rings. The number of benzene rings is 3. The van der Waals surface area contributed by atoms with Crippen molar-refractivity contribution in [2.75, 3.05) is 0 Å². The average molecular weight is 518 g/mol. The molecule has 8 heteroatoms. The summed E-state index contributed by atoms with van der Waals surface area (Å²) in [4.78, 5) is 12.3. The highest BCUT2D eigenvalue weighted by Gasteiger charge is 2.12. The predicted octanol–water partition coefficient (Wildman–Crippen LogP) is 6.85. The van der Waals surface area contributed by atoms with E-state index in [9.17, 15) is 4.79 Å². The summed E-state index contributed by atoms with van der Waals surface area (Å²) in [5.74, 6) is 0.0800. The van der Waals surface area contributed by atoms with Crippen molar-refractivity contribution >= 4 is 62.2 Å². The second-order valence-electron chi connectivity index (χ2n) is 6.58. The first-order chi connectivity index (χ1) is 15.0. The normalized spacial score (nSPS) is 11.2. The molecule has 0 bridgehead atoms. The molecule has 0 radical (unpaired) electrons. The number of hydrazone groups is 1. The van der Waals surface area contributed by atoms with Crippen LogP contribution in [0, 0.1) is 0 Å². The van der Waals surface area contributed by atoms with E-state index >= 15 is 0 Å². The zero-order chi connectivity index (χ0) is 21.8. The Kier molecular flexibility index (Phi) is 6.61. The van der Waals surface area contributed by atoms with Gasteiger partial charge in [-0.3, -0.25) is 4.79 Å². The highest BCUT2D eigenvalue weighted by atomic mass is 79.9. The van der Waals surface area contributed by atoms with E-state index in [0.717, 1.165) is 15.4 Å². The van der Waals surface area contributed by atoms with Crippen LogP contribution < -0.4 is 10.2 Å². The van der Waals surface area contributed by atoms with Crippen LogP contribution in [-0.2, 0) is 6.61 Å². The Bertz CT molecular complexity index is 1250. The SMILES string of the molecule is O=C(N/N=C/c1cc(Cl)c(OCc2ccccc2)c(Cl)c1)c1cc2cc(Br)ccc2o1. The molecule has 1 N–H and O–H groups in total. The number of hydrogen-bond donors (Lipinski definition) is 1. The minimum absolute atomic E-state index is 0.158. The highest BCUT2D eigenvalue weighted by molar-refractivity contribution is 9.10. The smallest absolute Gasteiger partial charge is 0.307 e. The van der Waals surface area contributed by atoms with E-state index in [1.807, 2.05) is 42.5 Å². The van der Waals surface area contributed by atoms with Crippen LogP contribution in [0.4, 0.5) is 0 Å². The Morgan fingerprint density at radius 3 is 2.55 bits per heavy atom. The molecule has 0 aliphatic heterocycles. The number of halogens is 3. The quantitative estimate of drug-likeness (QED) is 0.225. The van der Waals surface area contributed by atoms with Crippen LogP contribution in [0.1, 0.15) is 21.7 Å². The zero-order valence-electron chi connectivity index (χ0n) is 15.9. The van der Waals surface area contributed by atoms with Crippen molar-refractivity contribution in [2.45, 2.75) is 6.61 Å². The number of nitrogens with zero attached hydrogens (tertiary/aromatic N) is 1. The monoisotopic (exact) mass is 516 g/mol. The molecule has 156 valence electrons. The van der Waals surface area contributed by atoms with Crippen LogP contribution >= 0.6 is 39.1 Å². The van der Waals surface area contributed by atoms with Gasteiger partial charge in [0.2, 0.25) is 0 Å². The molecule has 1 heterocycles. The second-order valence-corrected chi connectivity index (χ2v) is 8.31. The van der Waals surface area contributed by atoms with Gasteiger partial charge in [0.1, 0.15) is 12.2 Å². The molecular weight excluding hydrogens is 503 g/mol. The standard InChI is InChI=1S/C23H15BrCl2N2O3/c24-17-6-7-20-16(10-17)11-21(31-20)23(29)28-27-12-15-8-18(25)22(19(26)9-15)30-13-14-4-2-1-3-5-14/h1-12H,13H2,(H,28,29)/b27-12+. The Morgan fingerprint density at radius 2 is 1.81 bits per heavy atom. The lowest BCUT2D eigenvalue weighted by atomic mass is 10.2. The maximum atomic E-state index is 12.3. The summed E-state index contributed by atoms with van der Waals surface area (Å²) in [7, 11) is 0. The van der Waals surface area contributed by atoms with Crippen molar-refractivity contribution in [1.82, 2.24) is 5.43 Å². The molecule has 0 unspecified atom stereocenters. The van der Waals surface area contributed by atoms with Gasteiger partial charge in [-0.05, 0) is 47.5 Å². The minimum atomic E-state index is -0.469. The summed E-state index contributed by atoms with van der Waals surface area (Å²) < 4.78 is 12.2. The number of carbonyl (C=O) groups is 1. The number of rotatable bonds is 6. The molecule has 0 aliphatic rings. The molecule has 5 nitrogen and oxygen atoms in total. The van der Waals surface area contributed by atoms with Crippen LogP contribution in [-0.4, -0.2) is 12.1 Å². The Hall–Kier alpha value is -2.80. The summed E-state index contributed by atoms with van der Waals surface area (Å²) in [5, 5.41) is 5.47. The molecule has 0 saturated carbocycles. The third-order valence-electron chi connectivity index (χ3n) is 4.33. The first-order valence-electron chi connectivity index (χ1n) is 9.18. The van der Waals surface area contributed by atoms with Crippen molar-refractivity contribution in [3.63, 3.8) is 0 Å². The van der Waals surface area contributed by atoms with Crippen LogP contribution in [0.3, 0.4) is 0 Å². The van der Waals surface area contributed by atoms with E-state index < -0.39 is 5.91 Å². The van der Waals surface area contributed by atoms with Gasteiger partial charge in [0, 0.05) is 9.86 Å². The van der Waals surface area contributed by atoms with E-state index in [0.29, 0.717) is 33.5 Å². The Balaban J connectivity index is 1.41. The van der Waals surface area contributed by atoms with Crippen molar-refractivity contribution in [3.8, 4) is 5.75 Å². The van der Waals surface area contributed by atoms with Crippen molar-refractivity contribution in [1.29, 1.82) is 0 Å². The van der Waals surface area contributed by atoms with Gasteiger partial charge in [-0.2, -0.15) is 5.10 Å². The fraction of sp³-hybridized carbons (Fsp3) is 0.0435. The maximum Gasteiger partial charge on any atom is 0.307 e. The van der Waals surface area contributed by atoms with E-state index in [1.165, 1.54) is 6.21 Å². The lowest BCUT2D eigenvalue weighted by Gasteiger charge is -2.10. The van der Waals surface area contributed by atoms with Crippen LogP contribution in [0.25, 0.3) is 11.0 Å². The topological polar surface area (TPSA) is 63.8 Å². The molecular formula is C23H15BrCl2N2O3. The van der Waals surface area contributed by atoms with Crippen LogP contribution in [0.2, 0.25) is 10.0 Å². The van der Waals surface area contributed by atoms with Gasteiger partial charge in [0.25, 0.3) is 0 Å². The summed E-state index contributed by atoms with van der Waals surface area (Å²) in [6, 6.07) is 20.1. The summed E-state index contributed by atoms with van der Waals surface area (Å²) in [5.41, 5.74) is 4.65. The molecule has 0 atom stereocenters. The Labute approximate surface area is 196 Å². The first-order valence-corrected chi connectivity index (χ1v) is 10.7. The number of hydrogen-bond acceptors (Lipinski definition) is 4. The molecule has 3 aromatic carbocycles. The van der Waals surface area contributed by atoms with E-state index in [1.54, 1.807) is 24.3 Å². The summed E-state index contributed by atoms with van der Waals surface area (Å²) in [6.45, 7) is 0.345. The number of fused-ring (bicyclic) bond motifs is 1. The molecule has 1 aromatic heterocycles. The number of ether oxygens (including phenoxy) is 1. The molecule has 1 amide bonds. The van der Waals surface area contributed by atoms with Gasteiger partial charge >= 0.3 is 5.91 Å². The zero-order valence-corrected chi connectivity index (χ0v) is 19.0. The van der Waals surface area contributed by atoms with Gasteiger partial charge in [-0.15, -0.1) is 0 Å². The molecule has 0 saturated heterocycles. The van der Waals surface area contributed by atoms with Gasteiger partial charge < -0.3 is 9.15 Å². The number of nitrogens with one attached hydrogen (secondary N) is 1. The number of amides is 1. The fourth-order valence-electron chi connectivity index (χ4n) is 2.87. The van der Waals surface area contributed by atoms with Crippen molar-refractivity contribution in [2.24, 2.45) is 5.10 Å². The molecule has 31 heavy (non-hydrogen) atoms. The van der Waals surface area contributed by atoms with E-state index in [4.69, 9.17) is 32.4 Å². The highest BCUT2D eigenvalue weighted by Crippen LogP contribution is 2.34. The number of furan rings is 1.